The van der Waals surface area contributed by atoms with Gasteiger partial charge in [-0.2, -0.15) is 13.2 Å². The number of aliphatic hydroxyl groups excluding tert-OH is 1. The SMILES string of the molecule is COC(=O)CCc1ccc(F)cc1OC[C@H](O)CN1CCC2(CC1)Cc1cc(Cl)ccc1O2.O=C(O)C(F)(F)F. The van der Waals surface area contributed by atoms with Crippen LogP contribution in [0.5, 0.6) is 11.5 Å². The lowest BCUT2D eigenvalue weighted by atomic mass is 9.87. The molecule has 0 amide bonds. The lowest BCUT2D eigenvalue weighted by Crippen LogP contribution is -2.49. The van der Waals surface area contributed by atoms with Crippen molar-refractivity contribution in [3.8, 4) is 11.5 Å². The van der Waals surface area contributed by atoms with E-state index in [4.69, 9.17) is 31.0 Å². The van der Waals surface area contributed by atoms with Crippen LogP contribution in [0.1, 0.15) is 30.4 Å². The predicted octanol–water partition coefficient (Wildman–Crippen LogP) is 4.43. The number of methoxy groups -OCH3 is 1. The number of carbonyl (C=O) groups excluding carboxylic acids is 1. The normalized spacial score (nSPS) is 16.8. The summed E-state index contributed by atoms with van der Waals surface area (Å²) in [6.45, 7) is 2.12. The van der Waals surface area contributed by atoms with Gasteiger partial charge in [0.2, 0.25) is 0 Å². The summed E-state index contributed by atoms with van der Waals surface area (Å²) < 4.78 is 62.1. The molecule has 2 aromatic carbocycles. The highest BCUT2D eigenvalue weighted by Gasteiger charge is 2.42. The standard InChI is InChI=1S/C25H29ClFNO5.C2HF3O2/c1-31-24(30)7-3-17-2-5-20(27)13-23(17)32-16-21(29)15-28-10-8-25(9-11-28)14-18-12-19(26)4-6-22(18)33-25;3-2(4,5)1(6)7/h2,4-6,12-13,21,29H,3,7-11,14-16H2,1H3;(H,6,7)/t21-;/m1./s1. The van der Waals surface area contributed by atoms with Gasteiger partial charge < -0.3 is 29.3 Å². The first kappa shape index (κ1) is 31.4. The topological polar surface area (TPSA) is 106 Å². The van der Waals surface area contributed by atoms with E-state index in [9.17, 15) is 27.5 Å². The molecule has 2 N–H and O–H groups in total. The molecular weight excluding hydrogens is 562 g/mol. The van der Waals surface area contributed by atoms with Crippen LogP contribution in [0.4, 0.5) is 17.6 Å². The minimum absolute atomic E-state index is 0.0385. The van der Waals surface area contributed by atoms with E-state index in [1.54, 1.807) is 6.07 Å². The minimum Gasteiger partial charge on any atom is -0.490 e. The number of piperidine rings is 1. The van der Waals surface area contributed by atoms with Crippen molar-refractivity contribution < 1.29 is 51.6 Å². The number of nitrogens with zero attached hydrogens (tertiary/aromatic N) is 1. The zero-order valence-electron chi connectivity index (χ0n) is 21.7. The van der Waals surface area contributed by atoms with Gasteiger partial charge in [-0.3, -0.25) is 4.79 Å². The maximum absolute atomic E-state index is 13.7. The van der Waals surface area contributed by atoms with E-state index < -0.39 is 24.1 Å². The highest BCUT2D eigenvalue weighted by molar-refractivity contribution is 6.30. The lowest BCUT2D eigenvalue weighted by molar-refractivity contribution is -0.192. The van der Waals surface area contributed by atoms with Gasteiger partial charge in [0.05, 0.1) is 7.11 Å². The third kappa shape index (κ3) is 8.97. The Morgan fingerprint density at radius 3 is 2.48 bits per heavy atom. The van der Waals surface area contributed by atoms with Gasteiger partial charge in [0.1, 0.15) is 35.6 Å². The Labute approximate surface area is 233 Å². The Kier molecular flexibility index (Phi) is 10.6. The Balaban J connectivity index is 0.000000559. The largest absolute Gasteiger partial charge is 0.490 e. The molecule has 0 aromatic heterocycles. The summed E-state index contributed by atoms with van der Waals surface area (Å²) in [6.07, 6.45) is -2.66. The van der Waals surface area contributed by atoms with Gasteiger partial charge >= 0.3 is 18.1 Å². The number of carboxylic acids is 1. The molecule has 0 aliphatic carbocycles. The number of carbonyl (C=O) groups is 2. The summed E-state index contributed by atoms with van der Waals surface area (Å²) in [7, 11) is 1.33. The van der Waals surface area contributed by atoms with E-state index in [2.05, 4.69) is 9.64 Å². The number of rotatable bonds is 8. The molecule has 0 saturated carbocycles. The third-order valence-electron chi connectivity index (χ3n) is 6.63. The molecule has 4 rings (SSSR count). The number of fused-ring (bicyclic) bond motifs is 1. The smallest absolute Gasteiger partial charge is 0.490 e. The quantitative estimate of drug-likeness (QED) is 0.343. The Bertz CT molecular complexity index is 1190. The Morgan fingerprint density at radius 1 is 1.18 bits per heavy atom. The number of carboxylic acid groups (broad SMARTS) is 1. The number of benzene rings is 2. The van der Waals surface area contributed by atoms with Crippen LogP contribution in [0.25, 0.3) is 0 Å². The fourth-order valence-electron chi connectivity index (χ4n) is 4.57. The highest BCUT2D eigenvalue weighted by Crippen LogP contribution is 2.42. The van der Waals surface area contributed by atoms with Crippen LogP contribution >= 0.6 is 11.6 Å². The van der Waals surface area contributed by atoms with Crippen LogP contribution in [-0.2, 0) is 27.2 Å². The maximum atomic E-state index is 13.7. The van der Waals surface area contributed by atoms with Crippen molar-refractivity contribution in [2.24, 2.45) is 0 Å². The number of hydrogen-bond acceptors (Lipinski definition) is 7. The molecule has 1 atom stereocenters. The van der Waals surface area contributed by atoms with Crippen molar-refractivity contribution in [3.63, 3.8) is 0 Å². The summed E-state index contributed by atoms with van der Waals surface area (Å²) in [5, 5.41) is 18.4. The molecule has 40 heavy (non-hydrogen) atoms. The summed E-state index contributed by atoms with van der Waals surface area (Å²) in [6, 6.07) is 9.97. The van der Waals surface area contributed by atoms with Crippen LogP contribution in [0.3, 0.4) is 0 Å². The molecule has 2 aliphatic heterocycles. The number of alkyl halides is 3. The number of esters is 1. The molecule has 0 unspecified atom stereocenters. The lowest BCUT2D eigenvalue weighted by Gasteiger charge is -2.39. The average Bonchev–Trinajstić information content (AvgIpc) is 3.24. The fourth-order valence-corrected chi connectivity index (χ4v) is 4.76. The third-order valence-corrected chi connectivity index (χ3v) is 6.86. The molecule has 2 aliphatic rings. The van der Waals surface area contributed by atoms with Crippen molar-refractivity contribution in [1.82, 2.24) is 4.90 Å². The first-order chi connectivity index (χ1) is 18.8. The zero-order chi connectivity index (χ0) is 29.5. The van der Waals surface area contributed by atoms with E-state index >= 15 is 0 Å². The van der Waals surface area contributed by atoms with E-state index in [0.717, 1.165) is 48.7 Å². The number of aryl methyl sites for hydroxylation is 1. The van der Waals surface area contributed by atoms with Crippen molar-refractivity contribution in [2.45, 2.75) is 50.0 Å². The summed E-state index contributed by atoms with van der Waals surface area (Å²) in [4.78, 5) is 22.5. The Hall–Kier alpha value is -3.09. The number of likely N-dealkylation sites (tertiary alicyclic amines) is 1. The summed E-state index contributed by atoms with van der Waals surface area (Å²) >= 11 is 6.12. The van der Waals surface area contributed by atoms with Gasteiger partial charge in [0.15, 0.2) is 0 Å². The van der Waals surface area contributed by atoms with Crippen LogP contribution < -0.4 is 9.47 Å². The van der Waals surface area contributed by atoms with E-state index in [1.165, 1.54) is 19.2 Å². The van der Waals surface area contributed by atoms with Crippen molar-refractivity contribution >= 4 is 23.5 Å². The van der Waals surface area contributed by atoms with Crippen LogP contribution in [0.15, 0.2) is 36.4 Å². The van der Waals surface area contributed by atoms with Gasteiger partial charge in [-0.1, -0.05) is 17.7 Å². The first-order valence-electron chi connectivity index (χ1n) is 12.5. The molecule has 13 heteroatoms. The molecule has 220 valence electrons. The minimum atomic E-state index is -5.08. The zero-order valence-corrected chi connectivity index (χ0v) is 22.4. The molecule has 1 spiro atoms. The summed E-state index contributed by atoms with van der Waals surface area (Å²) in [5.41, 5.74) is 1.66. The molecule has 8 nitrogen and oxygen atoms in total. The van der Waals surface area contributed by atoms with E-state index in [0.29, 0.717) is 24.3 Å². The number of hydrogen-bond donors (Lipinski definition) is 2. The monoisotopic (exact) mass is 591 g/mol. The molecule has 1 fully saturated rings. The molecular formula is C27H30ClF4NO7. The highest BCUT2D eigenvalue weighted by atomic mass is 35.5. The van der Waals surface area contributed by atoms with Crippen LogP contribution in [0.2, 0.25) is 5.02 Å². The second-order valence-electron chi connectivity index (χ2n) is 9.61. The van der Waals surface area contributed by atoms with E-state index in [1.807, 2.05) is 18.2 Å². The number of aliphatic carboxylic acids is 1. The van der Waals surface area contributed by atoms with Gasteiger partial charge in [-0.05, 0) is 41.8 Å². The fraction of sp³-hybridized carbons (Fsp3) is 0.481. The van der Waals surface area contributed by atoms with Gasteiger partial charge in [0, 0.05) is 56.4 Å². The average molecular weight is 592 g/mol. The number of ether oxygens (including phenoxy) is 3. The van der Waals surface area contributed by atoms with Crippen molar-refractivity contribution in [1.29, 1.82) is 0 Å². The second kappa shape index (κ2) is 13.5. The maximum Gasteiger partial charge on any atom is 0.490 e. The van der Waals surface area contributed by atoms with Crippen LogP contribution in [-0.4, -0.2) is 78.3 Å². The number of β-amino-alcohol motifs (C(OH)–C–C–N with tert-alkyl or cyclic N) is 1. The first-order valence-corrected chi connectivity index (χ1v) is 12.8. The van der Waals surface area contributed by atoms with Crippen molar-refractivity contribution in [3.05, 3.63) is 58.4 Å². The number of halogens is 5. The van der Waals surface area contributed by atoms with Gasteiger partial charge in [0.25, 0.3) is 0 Å². The summed E-state index contributed by atoms with van der Waals surface area (Å²) in [5.74, 6) is -2.27. The molecule has 0 radical (unpaired) electrons. The predicted molar refractivity (Wildman–Crippen MR) is 136 cm³/mol. The molecule has 2 heterocycles. The second-order valence-corrected chi connectivity index (χ2v) is 10.0. The van der Waals surface area contributed by atoms with E-state index in [-0.39, 0.29) is 24.6 Å². The molecule has 0 bridgehead atoms. The number of aliphatic hydroxyl groups is 1. The van der Waals surface area contributed by atoms with Crippen LogP contribution in [0, 0.1) is 5.82 Å². The Morgan fingerprint density at radius 2 is 1.85 bits per heavy atom. The molecule has 2 aromatic rings. The van der Waals surface area contributed by atoms with Crippen molar-refractivity contribution in [2.75, 3.05) is 33.4 Å². The molecule has 1 saturated heterocycles. The van der Waals surface area contributed by atoms with Gasteiger partial charge in [-0.15, -0.1) is 0 Å². The van der Waals surface area contributed by atoms with Gasteiger partial charge in [-0.25, -0.2) is 9.18 Å².